The Morgan fingerprint density at radius 2 is 1.62 bits per heavy atom. The Labute approximate surface area is 215 Å². The van der Waals surface area contributed by atoms with Crippen LogP contribution in [0, 0.1) is 35.5 Å². The molecule has 3 aromatic rings. The molecule has 3 fully saturated rings. The fourth-order valence-electron chi connectivity index (χ4n) is 6.75. The van der Waals surface area contributed by atoms with Gasteiger partial charge in [-0.2, -0.15) is 10.1 Å². The molecule has 2 bridgehead atoms. The summed E-state index contributed by atoms with van der Waals surface area (Å²) in [5.41, 5.74) is 1.83. The first-order valence-electron chi connectivity index (χ1n) is 13.1. The van der Waals surface area contributed by atoms with E-state index >= 15 is 0 Å². The number of benzene rings is 3. The van der Waals surface area contributed by atoms with Gasteiger partial charge in [-0.1, -0.05) is 54.6 Å². The van der Waals surface area contributed by atoms with Crippen LogP contribution in [0.5, 0.6) is 11.5 Å². The van der Waals surface area contributed by atoms with Crippen LogP contribution in [0.2, 0.25) is 0 Å². The molecule has 2 amide bonds. The van der Waals surface area contributed by atoms with Gasteiger partial charge < -0.3 is 9.47 Å². The second-order valence-electron chi connectivity index (χ2n) is 10.5. The molecule has 8 rings (SSSR count). The van der Waals surface area contributed by atoms with Crippen molar-refractivity contribution in [2.24, 2.45) is 40.6 Å². The van der Waals surface area contributed by atoms with Gasteiger partial charge in [-0.3, -0.25) is 9.59 Å². The molecule has 2 saturated carbocycles. The lowest BCUT2D eigenvalue weighted by molar-refractivity contribution is -0.140. The molecule has 6 atom stereocenters. The molecule has 4 aliphatic carbocycles. The molecule has 1 saturated heterocycles. The Hall–Kier alpha value is -3.93. The third-order valence-corrected chi connectivity index (χ3v) is 8.49. The Morgan fingerprint density at radius 3 is 2.38 bits per heavy atom. The molecule has 6 nitrogen and oxygen atoms in total. The Morgan fingerprint density at radius 1 is 0.892 bits per heavy atom. The molecule has 0 unspecified atom stereocenters. The first-order valence-corrected chi connectivity index (χ1v) is 13.1. The third kappa shape index (κ3) is 3.57. The van der Waals surface area contributed by atoms with E-state index in [1.807, 2.05) is 43.3 Å². The van der Waals surface area contributed by atoms with Crippen molar-refractivity contribution in [1.82, 2.24) is 5.01 Å². The number of fused-ring (bicyclic) bond motifs is 1. The molecule has 1 aliphatic heterocycles. The monoisotopic (exact) mass is 492 g/mol. The maximum Gasteiger partial charge on any atom is 0.254 e. The SMILES string of the molecule is CCOc1cc(/C=N\N2C(=O)[C@@H]3[C@H]4C=C[C@@H]([C@@H]5C[C@@H]45)[C@H]3C2=O)ccc1OCc1cccc2ccccc12. The molecule has 3 aromatic carbocycles. The van der Waals surface area contributed by atoms with E-state index in [9.17, 15) is 9.59 Å². The number of allylic oxidation sites excluding steroid dienone is 2. The summed E-state index contributed by atoms with van der Waals surface area (Å²) >= 11 is 0. The fraction of sp³-hybridized carbons (Fsp3) is 0.323. The summed E-state index contributed by atoms with van der Waals surface area (Å²) in [4.78, 5) is 26.3. The maximum atomic E-state index is 13.2. The minimum Gasteiger partial charge on any atom is -0.490 e. The maximum absolute atomic E-state index is 13.2. The van der Waals surface area contributed by atoms with Crippen LogP contribution in [-0.4, -0.2) is 29.6 Å². The molecular formula is C31H28N2O4. The van der Waals surface area contributed by atoms with Gasteiger partial charge in [0.15, 0.2) is 11.5 Å². The van der Waals surface area contributed by atoms with Crippen molar-refractivity contribution in [2.45, 2.75) is 20.0 Å². The molecule has 0 N–H and O–H groups in total. The minimum atomic E-state index is -0.243. The van der Waals surface area contributed by atoms with E-state index < -0.39 is 0 Å². The van der Waals surface area contributed by atoms with Crippen molar-refractivity contribution in [3.63, 3.8) is 0 Å². The highest BCUT2D eigenvalue weighted by Gasteiger charge is 2.67. The third-order valence-electron chi connectivity index (χ3n) is 8.49. The van der Waals surface area contributed by atoms with E-state index in [4.69, 9.17) is 9.47 Å². The van der Waals surface area contributed by atoms with Gasteiger partial charge in [-0.25, -0.2) is 0 Å². The first-order chi connectivity index (χ1) is 18.1. The second kappa shape index (κ2) is 8.58. The summed E-state index contributed by atoms with van der Waals surface area (Å²) < 4.78 is 12.0. The molecule has 0 radical (unpaired) electrons. The largest absolute Gasteiger partial charge is 0.490 e. The highest BCUT2D eigenvalue weighted by molar-refractivity contribution is 6.06. The van der Waals surface area contributed by atoms with Crippen molar-refractivity contribution < 1.29 is 19.1 Å². The minimum absolute atomic E-state index is 0.156. The van der Waals surface area contributed by atoms with Crippen LogP contribution in [0.15, 0.2) is 77.9 Å². The van der Waals surface area contributed by atoms with Crippen LogP contribution < -0.4 is 9.47 Å². The lowest BCUT2D eigenvalue weighted by Crippen LogP contribution is -2.40. The number of hydrogen-bond donors (Lipinski definition) is 0. The van der Waals surface area contributed by atoms with Crippen LogP contribution >= 0.6 is 0 Å². The topological polar surface area (TPSA) is 68.2 Å². The van der Waals surface area contributed by atoms with Crippen LogP contribution in [0.25, 0.3) is 10.8 Å². The van der Waals surface area contributed by atoms with Crippen molar-refractivity contribution in [3.05, 3.63) is 83.9 Å². The molecule has 37 heavy (non-hydrogen) atoms. The zero-order valence-electron chi connectivity index (χ0n) is 20.6. The zero-order valence-corrected chi connectivity index (χ0v) is 20.6. The predicted octanol–water partition coefficient (Wildman–Crippen LogP) is 5.20. The zero-order chi connectivity index (χ0) is 25.1. The van der Waals surface area contributed by atoms with E-state index in [1.54, 1.807) is 6.21 Å². The van der Waals surface area contributed by atoms with Crippen LogP contribution in [-0.2, 0) is 16.2 Å². The van der Waals surface area contributed by atoms with Gasteiger partial charge in [0, 0.05) is 0 Å². The van der Waals surface area contributed by atoms with Gasteiger partial charge in [-0.05, 0) is 77.1 Å². The van der Waals surface area contributed by atoms with Crippen LogP contribution in [0.1, 0.15) is 24.5 Å². The molecule has 5 aliphatic rings. The van der Waals surface area contributed by atoms with Gasteiger partial charge in [0.2, 0.25) is 0 Å². The summed E-state index contributed by atoms with van der Waals surface area (Å²) in [7, 11) is 0. The van der Waals surface area contributed by atoms with Crippen molar-refractivity contribution in [1.29, 1.82) is 0 Å². The number of ether oxygens (including phenoxy) is 2. The van der Waals surface area contributed by atoms with E-state index in [0.29, 0.717) is 36.5 Å². The van der Waals surface area contributed by atoms with Crippen LogP contribution in [0.3, 0.4) is 0 Å². The average molecular weight is 493 g/mol. The lowest BCUT2D eigenvalue weighted by atomic mass is 9.63. The fourth-order valence-corrected chi connectivity index (χ4v) is 6.75. The normalized spacial score (nSPS) is 29.2. The molecule has 186 valence electrons. The summed E-state index contributed by atoms with van der Waals surface area (Å²) in [5.74, 6) is 1.97. The standard InChI is InChI=1S/C31H28N2O4/c1-2-36-27-14-18(10-13-26(27)37-17-20-8-5-7-19-6-3-4-9-21(19)20)16-32-33-30(34)28-22-11-12-23(25-15-24(22)25)29(28)31(33)35/h3-14,16,22-25,28-29H,2,15,17H2,1H3/b32-16-/t22-,23-,24-,25-,28+,29+/m0/s1. The van der Waals surface area contributed by atoms with Crippen LogP contribution in [0.4, 0.5) is 0 Å². The Balaban J connectivity index is 1.10. The molecule has 0 aromatic heterocycles. The average Bonchev–Trinajstić information content (AvgIpc) is 3.71. The van der Waals surface area contributed by atoms with Gasteiger partial charge in [0.05, 0.1) is 24.7 Å². The predicted molar refractivity (Wildman–Crippen MR) is 140 cm³/mol. The lowest BCUT2D eigenvalue weighted by Gasteiger charge is -2.37. The van der Waals surface area contributed by atoms with Gasteiger partial charge >= 0.3 is 0 Å². The number of hydrogen-bond acceptors (Lipinski definition) is 5. The molecule has 1 heterocycles. The first kappa shape index (κ1) is 22.3. The van der Waals surface area contributed by atoms with Crippen molar-refractivity contribution >= 4 is 28.8 Å². The Kier molecular flexibility index (Phi) is 5.17. The van der Waals surface area contributed by atoms with Crippen molar-refractivity contribution in [2.75, 3.05) is 6.61 Å². The molecule has 6 heteroatoms. The number of hydrazone groups is 1. The quantitative estimate of drug-likeness (QED) is 0.258. The van der Waals surface area contributed by atoms with Gasteiger partial charge in [0.25, 0.3) is 11.8 Å². The number of imide groups is 1. The number of amides is 2. The van der Waals surface area contributed by atoms with E-state index in [2.05, 4.69) is 41.5 Å². The molecule has 0 spiro atoms. The Bertz CT molecular complexity index is 1440. The summed E-state index contributed by atoms with van der Waals surface area (Å²) in [6.45, 7) is 2.81. The number of carbonyl (C=O) groups excluding carboxylic acids is 2. The van der Waals surface area contributed by atoms with Gasteiger partial charge in [0.1, 0.15) is 6.61 Å². The highest BCUT2D eigenvalue weighted by Crippen LogP contribution is 2.65. The van der Waals surface area contributed by atoms with E-state index in [1.165, 1.54) is 5.39 Å². The summed E-state index contributed by atoms with van der Waals surface area (Å²) in [6.07, 6.45) is 7.06. The number of carbonyl (C=O) groups is 2. The van der Waals surface area contributed by atoms with Gasteiger partial charge in [-0.15, -0.1) is 0 Å². The number of nitrogens with zero attached hydrogens (tertiary/aromatic N) is 2. The number of rotatable bonds is 7. The smallest absolute Gasteiger partial charge is 0.254 e. The highest BCUT2D eigenvalue weighted by atomic mass is 16.5. The van der Waals surface area contributed by atoms with E-state index in [0.717, 1.165) is 27.9 Å². The van der Waals surface area contributed by atoms with E-state index in [-0.39, 0.29) is 35.5 Å². The molecular weight excluding hydrogens is 464 g/mol. The summed E-state index contributed by atoms with van der Waals surface area (Å²) in [5, 5.41) is 7.80. The second-order valence-corrected chi connectivity index (χ2v) is 10.5. The summed E-state index contributed by atoms with van der Waals surface area (Å²) in [6, 6.07) is 20.0. The van der Waals surface area contributed by atoms with Crippen molar-refractivity contribution in [3.8, 4) is 11.5 Å².